The van der Waals surface area contributed by atoms with E-state index in [1.807, 2.05) is 74.5 Å². The first-order chi connectivity index (χ1) is 15.5. The highest BCUT2D eigenvalue weighted by molar-refractivity contribution is 6.31. The Labute approximate surface area is 192 Å². The molecule has 2 heterocycles. The van der Waals surface area contributed by atoms with Crippen molar-refractivity contribution in [3.05, 3.63) is 77.7 Å². The number of nitrogens with zero attached hydrogens (tertiary/aromatic N) is 3. The molecule has 164 valence electrons. The number of fused-ring (bicyclic) bond motifs is 1. The van der Waals surface area contributed by atoms with E-state index >= 15 is 0 Å². The summed E-state index contributed by atoms with van der Waals surface area (Å²) < 4.78 is 5.60. The van der Waals surface area contributed by atoms with Gasteiger partial charge in [-0.15, -0.1) is 0 Å². The van der Waals surface area contributed by atoms with Gasteiger partial charge in [0.2, 0.25) is 5.91 Å². The number of carbonyl (C=O) groups excluding carboxylic acids is 1. The van der Waals surface area contributed by atoms with Gasteiger partial charge in [-0.3, -0.25) is 4.79 Å². The van der Waals surface area contributed by atoms with Crippen molar-refractivity contribution in [1.82, 2.24) is 15.3 Å². The first-order valence-electron chi connectivity index (χ1n) is 10.6. The molecule has 0 saturated carbocycles. The third kappa shape index (κ3) is 5.26. The Morgan fingerprint density at radius 1 is 1.09 bits per heavy atom. The van der Waals surface area contributed by atoms with Gasteiger partial charge in [-0.25, -0.2) is 9.97 Å². The van der Waals surface area contributed by atoms with E-state index in [1.54, 1.807) is 6.26 Å². The number of benzene rings is 2. The van der Waals surface area contributed by atoms with Gasteiger partial charge in [-0.1, -0.05) is 41.9 Å². The highest BCUT2D eigenvalue weighted by atomic mass is 35.5. The average molecular weight is 449 g/mol. The lowest BCUT2D eigenvalue weighted by Gasteiger charge is -2.25. The lowest BCUT2D eigenvalue weighted by atomic mass is 10.1. The van der Waals surface area contributed by atoms with Crippen LogP contribution >= 0.6 is 11.6 Å². The number of anilines is 1. The molecular weight excluding hydrogens is 424 g/mol. The molecule has 0 fully saturated rings. The van der Waals surface area contributed by atoms with E-state index in [2.05, 4.69) is 10.2 Å². The van der Waals surface area contributed by atoms with Crippen molar-refractivity contribution in [2.45, 2.75) is 32.9 Å². The predicted molar refractivity (Wildman–Crippen MR) is 128 cm³/mol. The molecule has 32 heavy (non-hydrogen) atoms. The van der Waals surface area contributed by atoms with Crippen LogP contribution in [0.1, 0.15) is 26.0 Å². The fraction of sp³-hybridized carbons (Fsp3) is 0.240. The molecule has 0 saturated heterocycles. The number of hydrogen-bond acceptors (Lipinski definition) is 5. The monoisotopic (exact) mass is 448 g/mol. The third-order valence-electron chi connectivity index (χ3n) is 4.96. The first-order valence-corrected chi connectivity index (χ1v) is 11.0. The molecule has 0 radical (unpaired) electrons. The van der Waals surface area contributed by atoms with Crippen LogP contribution < -0.4 is 10.2 Å². The van der Waals surface area contributed by atoms with Crippen LogP contribution in [0.2, 0.25) is 5.02 Å². The van der Waals surface area contributed by atoms with Crippen molar-refractivity contribution >= 4 is 34.2 Å². The number of carbonyl (C=O) groups is 1. The minimum atomic E-state index is -0.00543. The molecule has 2 aromatic heterocycles. The zero-order valence-electron chi connectivity index (χ0n) is 18.1. The summed E-state index contributed by atoms with van der Waals surface area (Å²) in [5.74, 6) is 2.12. The molecule has 0 aliphatic heterocycles. The molecule has 6 nitrogen and oxygen atoms in total. The van der Waals surface area contributed by atoms with Gasteiger partial charge in [0.05, 0.1) is 18.3 Å². The van der Waals surface area contributed by atoms with E-state index in [-0.39, 0.29) is 11.9 Å². The maximum atomic E-state index is 12.4. The lowest BCUT2D eigenvalue weighted by Crippen LogP contribution is -2.34. The van der Waals surface area contributed by atoms with Crippen LogP contribution in [0.3, 0.4) is 0 Å². The summed E-state index contributed by atoms with van der Waals surface area (Å²) in [4.78, 5) is 24.1. The molecule has 1 N–H and O–H groups in total. The fourth-order valence-electron chi connectivity index (χ4n) is 3.52. The first kappa shape index (κ1) is 21.8. The Balaban J connectivity index is 1.78. The Morgan fingerprint density at radius 2 is 1.91 bits per heavy atom. The number of furan rings is 1. The molecule has 7 heteroatoms. The SMILES string of the molecule is CC(C)NC(=O)CCN(Cc1ccco1)c1nc(-c2ccccc2)nc2cc(Cl)ccc12. The van der Waals surface area contributed by atoms with Gasteiger partial charge in [0.1, 0.15) is 11.6 Å². The van der Waals surface area contributed by atoms with Crippen LogP contribution in [0, 0.1) is 0 Å². The van der Waals surface area contributed by atoms with Crippen molar-refractivity contribution in [3.63, 3.8) is 0 Å². The van der Waals surface area contributed by atoms with Crippen LogP contribution in [-0.2, 0) is 11.3 Å². The van der Waals surface area contributed by atoms with Crippen LogP contribution in [0.25, 0.3) is 22.3 Å². The van der Waals surface area contributed by atoms with Crippen molar-refractivity contribution in [1.29, 1.82) is 0 Å². The topological polar surface area (TPSA) is 71.3 Å². The second-order valence-electron chi connectivity index (χ2n) is 7.87. The number of amides is 1. The molecular formula is C25H25ClN4O2. The maximum absolute atomic E-state index is 12.4. The fourth-order valence-corrected chi connectivity index (χ4v) is 3.69. The number of halogens is 1. The number of aromatic nitrogens is 2. The van der Waals surface area contributed by atoms with Crippen molar-refractivity contribution < 1.29 is 9.21 Å². The summed E-state index contributed by atoms with van der Waals surface area (Å²) in [6, 6.07) is 19.3. The van der Waals surface area contributed by atoms with Gasteiger partial charge in [0.15, 0.2) is 5.82 Å². The van der Waals surface area contributed by atoms with E-state index in [4.69, 9.17) is 26.0 Å². The molecule has 0 atom stereocenters. The highest BCUT2D eigenvalue weighted by Gasteiger charge is 2.19. The quantitative estimate of drug-likeness (QED) is 0.387. The normalized spacial score (nSPS) is 11.1. The Bertz CT molecular complexity index is 1190. The largest absolute Gasteiger partial charge is 0.467 e. The van der Waals surface area contributed by atoms with E-state index < -0.39 is 0 Å². The summed E-state index contributed by atoms with van der Waals surface area (Å²) >= 11 is 6.27. The molecule has 0 spiro atoms. The molecule has 0 aliphatic rings. The van der Waals surface area contributed by atoms with Crippen molar-refractivity contribution in [2.24, 2.45) is 0 Å². The van der Waals surface area contributed by atoms with Crippen LogP contribution in [0.5, 0.6) is 0 Å². The minimum absolute atomic E-state index is 0.00543. The van der Waals surface area contributed by atoms with E-state index in [9.17, 15) is 4.79 Å². The van der Waals surface area contributed by atoms with Crippen molar-refractivity contribution in [3.8, 4) is 11.4 Å². The zero-order valence-corrected chi connectivity index (χ0v) is 18.8. The molecule has 4 aromatic rings. The van der Waals surface area contributed by atoms with Crippen LogP contribution in [0.4, 0.5) is 5.82 Å². The molecule has 1 amide bonds. The Kier molecular flexibility index (Phi) is 6.71. The summed E-state index contributed by atoms with van der Waals surface area (Å²) in [5, 5.41) is 4.42. The molecule has 4 rings (SSSR count). The second-order valence-corrected chi connectivity index (χ2v) is 8.31. The van der Waals surface area contributed by atoms with Gasteiger partial charge >= 0.3 is 0 Å². The molecule has 0 unspecified atom stereocenters. The van der Waals surface area contributed by atoms with Gasteiger partial charge in [-0.2, -0.15) is 0 Å². The minimum Gasteiger partial charge on any atom is -0.467 e. The predicted octanol–water partition coefficient (Wildman–Crippen LogP) is 5.46. The van der Waals surface area contributed by atoms with Gasteiger partial charge in [0, 0.05) is 35.0 Å². The number of rotatable bonds is 8. The summed E-state index contributed by atoms with van der Waals surface area (Å²) in [5.41, 5.74) is 1.66. The van der Waals surface area contributed by atoms with Crippen LogP contribution in [0.15, 0.2) is 71.3 Å². The third-order valence-corrected chi connectivity index (χ3v) is 5.19. The highest BCUT2D eigenvalue weighted by Crippen LogP contribution is 2.30. The molecule has 2 aromatic carbocycles. The van der Waals surface area contributed by atoms with Gasteiger partial charge < -0.3 is 14.6 Å². The lowest BCUT2D eigenvalue weighted by molar-refractivity contribution is -0.121. The molecule has 0 aliphatic carbocycles. The zero-order chi connectivity index (χ0) is 22.5. The van der Waals surface area contributed by atoms with Gasteiger partial charge in [0.25, 0.3) is 0 Å². The smallest absolute Gasteiger partial charge is 0.221 e. The summed E-state index contributed by atoms with van der Waals surface area (Å²) in [6.45, 7) is 4.85. The van der Waals surface area contributed by atoms with E-state index in [0.29, 0.717) is 30.4 Å². The number of hydrogen-bond donors (Lipinski definition) is 1. The van der Waals surface area contributed by atoms with E-state index in [1.165, 1.54) is 0 Å². The molecule has 0 bridgehead atoms. The van der Waals surface area contributed by atoms with E-state index in [0.717, 1.165) is 28.0 Å². The Morgan fingerprint density at radius 3 is 2.62 bits per heavy atom. The van der Waals surface area contributed by atoms with Crippen molar-refractivity contribution in [2.75, 3.05) is 11.4 Å². The average Bonchev–Trinajstić information content (AvgIpc) is 3.29. The van der Waals surface area contributed by atoms with Gasteiger partial charge in [-0.05, 0) is 44.2 Å². The summed E-state index contributed by atoms with van der Waals surface area (Å²) in [7, 11) is 0. The maximum Gasteiger partial charge on any atom is 0.221 e. The Hall–Kier alpha value is -3.38. The second kappa shape index (κ2) is 9.83. The number of nitrogens with one attached hydrogen (secondary N) is 1. The summed E-state index contributed by atoms with van der Waals surface area (Å²) in [6.07, 6.45) is 1.98. The van der Waals surface area contributed by atoms with Crippen LogP contribution in [-0.4, -0.2) is 28.5 Å². The standard InChI is InChI=1S/C25H25ClN4O2/c1-17(2)27-23(31)12-13-30(16-20-9-6-14-32-20)25-21-11-10-19(26)15-22(21)28-24(29-25)18-7-4-3-5-8-18/h3-11,14-15,17H,12-13,16H2,1-2H3,(H,27,31).